The minimum Gasteiger partial charge on any atom is -0.392 e. The van der Waals surface area contributed by atoms with Crippen molar-refractivity contribution in [2.24, 2.45) is 0 Å². The van der Waals surface area contributed by atoms with Crippen LogP contribution in [0.3, 0.4) is 0 Å². The normalized spacial score (nSPS) is 17.8. The highest BCUT2D eigenvalue weighted by Crippen LogP contribution is 2.32. The SMILES string of the molecule is Nc1ncc2c(F)cc(-c3cc(C(F)(F)F)ccn3)n2n1.OC1CCCN(S)C1. The van der Waals surface area contributed by atoms with Crippen molar-refractivity contribution in [3.63, 3.8) is 0 Å². The molecule has 1 fully saturated rings. The van der Waals surface area contributed by atoms with E-state index in [1.54, 1.807) is 0 Å². The number of nitrogens with two attached hydrogens (primary N) is 1. The molecule has 3 aromatic heterocycles. The molecule has 0 spiro atoms. The average Bonchev–Trinajstić information content (AvgIpc) is 2.97. The summed E-state index contributed by atoms with van der Waals surface area (Å²) in [4.78, 5) is 7.46. The van der Waals surface area contributed by atoms with Crippen LogP contribution in [0.2, 0.25) is 0 Å². The monoisotopic (exact) mass is 430 g/mol. The molecule has 0 bridgehead atoms. The van der Waals surface area contributed by atoms with Crippen LogP contribution >= 0.6 is 12.8 Å². The number of fused-ring (bicyclic) bond motifs is 1. The first-order valence-corrected chi connectivity index (χ1v) is 9.00. The number of hydrogen-bond donors (Lipinski definition) is 3. The summed E-state index contributed by atoms with van der Waals surface area (Å²) < 4.78 is 54.8. The Hall–Kier alpha value is -2.44. The molecule has 1 saturated heterocycles. The highest BCUT2D eigenvalue weighted by Gasteiger charge is 2.31. The van der Waals surface area contributed by atoms with E-state index in [1.165, 1.54) is 0 Å². The number of anilines is 1. The number of pyridine rings is 1. The maximum atomic E-state index is 13.8. The molecule has 156 valence electrons. The predicted molar refractivity (Wildman–Crippen MR) is 101 cm³/mol. The van der Waals surface area contributed by atoms with E-state index < -0.39 is 17.6 Å². The lowest BCUT2D eigenvalue weighted by molar-refractivity contribution is -0.137. The summed E-state index contributed by atoms with van der Waals surface area (Å²) >= 11 is 4.09. The van der Waals surface area contributed by atoms with Gasteiger partial charge in [0.25, 0.3) is 0 Å². The molecule has 4 rings (SSSR count). The molecule has 7 nitrogen and oxygen atoms in total. The summed E-state index contributed by atoms with van der Waals surface area (Å²) in [6.07, 6.45) is -0.491. The Bertz CT molecular complexity index is 988. The summed E-state index contributed by atoms with van der Waals surface area (Å²) in [6.45, 7) is 1.74. The van der Waals surface area contributed by atoms with E-state index >= 15 is 0 Å². The Labute approximate surface area is 168 Å². The van der Waals surface area contributed by atoms with Gasteiger partial charge in [-0.25, -0.2) is 13.9 Å². The van der Waals surface area contributed by atoms with Gasteiger partial charge in [0.05, 0.1) is 29.3 Å². The zero-order chi connectivity index (χ0) is 21.2. The van der Waals surface area contributed by atoms with Gasteiger partial charge in [0.1, 0.15) is 5.52 Å². The number of alkyl halides is 3. The summed E-state index contributed by atoms with van der Waals surface area (Å²) in [5, 5.41) is 12.8. The molecule has 0 amide bonds. The highest BCUT2D eigenvalue weighted by atomic mass is 32.1. The maximum absolute atomic E-state index is 13.8. The average molecular weight is 430 g/mol. The van der Waals surface area contributed by atoms with Gasteiger partial charge in [0.2, 0.25) is 5.95 Å². The summed E-state index contributed by atoms with van der Waals surface area (Å²) in [5.41, 5.74) is 4.52. The van der Waals surface area contributed by atoms with Crippen LogP contribution in [0.4, 0.5) is 23.5 Å². The first-order valence-electron chi connectivity index (χ1n) is 8.60. The van der Waals surface area contributed by atoms with Crippen molar-refractivity contribution in [2.45, 2.75) is 25.1 Å². The van der Waals surface area contributed by atoms with Crippen molar-refractivity contribution in [1.82, 2.24) is 23.9 Å². The number of thiol groups is 1. The first-order chi connectivity index (χ1) is 13.6. The number of nitrogen functional groups attached to an aromatic ring is 1. The molecule has 1 aliphatic rings. The Morgan fingerprint density at radius 3 is 2.62 bits per heavy atom. The van der Waals surface area contributed by atoms with E-state index in [-0.39, 0.29) is 29.0 Å². The van der Waals surface area contributed by atoms with Crippen molar-refractivity contribution in [3.8, 4) is 11.4 Å². The standard InChI is InChI=1S/C12H7F4N5.C5H11NOS/c13-7-4-9(21-10(7)5-19-11(17)20-21)8-3-6(1-2-18-8)12(14,15)16;7-5-2-1-3-6(8)4-5/h1-5H,(H2,17,20);5,7-8H,1-4H2. The summed E-state index contributed by atoms with van der Waals surface area (Å²) in [7, 11) is 0. The van der Waals surface area contributed by atoms with Crippen molar-refractivity contribution in [1.29, 1.82) is 0 Å². The molecule has 0 aliphatic carbocycles. The van der Waals surface area contributed by atoms with Gasteiger partial charge in [-0.15, -0.1) is 5.10 Å². The molecular weight excluding hydrogens is 412 g/mol. The van der Waals surface area contributed by atoms with E-state index in [4.69, 9.17) is 10.8 Å². The van der Waals surface area contributed by atoms with Gasteiger partial charge in [0, 0.05) is 25.4 Å². The Morgan fingerprint density at radius 1 is 1.24 bits per heavy atom. The van der Waals surface area contributed by atoms with E-state index in [2.05, 4.69) is 27.9 Å². The van der Waals surface area contributed by atoms with Gasteiger partial charge < -0.3 is 10.8 Å². The third-order valence-electron chi connectivity index (χ3n) is 4.21. The lowest BCUT2D eigenvalue weighted by Crippen LogP contribution is -2.31. The largest absolute Gasteiger partial charge is 0.416 e. The Morgan fingerprint density at radius 2 is 2.00 bits per heavy atom. The van der Waals surface area contributed by atoms with Gasteiger partial charge in [-0.05, 0) is 25.0 Å². The van der Waals surface area contributed by atoms with Gasteiger partial charge in [-0.3, -0.25) is 9.29 Å². The number of hydrogen-bond acceptors (Lipinski definition) is 7. The van der Waals surface area contributed by atoms with E-state index in [0.29, 0.717) is 0 Å². The number of halogens is 4. The smallest absolute Gasteiger partial charge is 0.392 e. The number of piperidine rings is 1. The number of nitrogens with zero attached hydrogens (tertiary/aromatic N) is 5. The van der Waals surface area contributed by atoms with E-state index in [0.717, 1.165) is 61.0 Å². The Balaban J connectivity index is 0.000000252. The van der Waals surface area contributed by atoms with Crippen molar-refractivity contribution in [3.05, 3.63) is 42.0 Å². The number of rotatable bonds is 1. The van der Waals surface area contributed by atoms with Crippen LogP contribution in [-0.4, -0.2) is 48.2 Å². The predicted octanol–water partition coefficient (Wildman–Crippen LogP) is 2.82. The second-order valence-corrected chi connectivity index (χ2v) is 6.99. The number of aliphatic hydroxyl groups excluding tert-OH is 1. The van der Waals surface area contributed by atoms with E-state index in [1.807, 2.05) is 4.31 Å². The minimum atomic E-state index is -4.52. The molecule has 0 aromatic carbocycles. The van der Waals surface area contributed by atoms with Crippen LogP contribution in [0, 0.1) is 5.82 Å². The van der Waals surface area contributed by atoms with Crippen LogP contribution in [-0.2, 0) is 6.18 Å². The summed E-state index contributed by atoms with van der Waals surface area (Å²) in [6, 6.07) is 2.68. The van der Waals surface area contributed by atoms with Crippen LogP contribution in [0.1, 0.15) is 18.4 Å². The third kappa shape index (κ3) is 5.14. The molecule has 29 heavy (non-hydrogen) atoms. The second-order valence-electron chi connectivity index (χ2n) is 6.43. The molecule has 0 saturated carbocycles. The van der Waals surface area contributed by atoms with Crippen molar-refractivity contribution in [2.75, 3.05) is 18.8 Å². The third-order valence-corrected chi connectivity index (χ3v) is 4.57. The molecule has 3 aromatic rings. The fraction of sp³-hybridized carbons (Fsp3) is 0.353. The zero-order valence-corrected chi connectivity index (χ0v) is 15.9. The van der Waals surface area contributed by atoms with Crippen LogP contribution < -0.4 is 5.73 Å². The molecule has 1 aliphatic heterocycles. The van der Waals surface area contributed by atoms with Crippen molar-refractivity contribution < 1.29 is 22.7 Å². The van der Waals surface area contributed by atoms with Gasteiger partial charge >= 0.3 is 6.18 Å². The van der Waals surface area contributed by atoms with Crippen LogP contribution in [0.25, 0.3) is 16.9 Å². The molecule has 4 heterocycles. The maximum Gasteiger partial charge on any atom is 0.416 e. The fourth-order valence-corrected chi connectivity index (χ4v) is 3.16. The number of aliphatic hydroxyl groups is 1. The minimum absolute atomic E-state index is 0.00147. The number of β-amino-alcohol motifs (C(OH)–C–C–N with tert-alkyl or cyclic N) is 1. The first kappa shape index (κ1) is 21.3. The zero-order valence-electron chi connectivity index (χ0n) is 15.0. The van der Waals surface area contributed by atoms with Crippen LogP contribution in [0.15, 0.2) is 30.6 Å². The Kier molecular flexibility index (Phi) is 6.24. The van der Waals surface area contributed by atoms with Crippen molar-refractivity contribution >= 4 is 24.3 Å². The lowest BCUT2D eigenvalue weighted by Gasteiger charge is -2.24. The molecule has 3 N–H and O–H groups in total. The lowest BCUT2D eigenvalue weighted by atomic mass is 10.1. The topological polar surface area (TPSA) is 92.6 Å². The highest BCUT2D eigenvalue weighted by molar-refractivity contribution is 7.77. The molecule has 1 atom stereocenters. The van der Waals surface area contributed by atoms with Crippen LogP contribution in [0.5, 0.6) is 0 Å². The van der Waals surface area contributed by atoms with Gasteiger partial charge in [-0.2, -0.15) is 13.2 Å². The summed E-state index contributed by atoms with van der Waals surface area (Å²) in [5.74, 6) is -0.810. The van der Waals surface area contributed by atoms with E-state index in [9.17, 15) is 17.6 Å². The molecule has 1 unspecified atom stereocenters. The molecule has 0 radical (unpaired) electrons. The quantitative estimate of drug-likeness (QED) is 0.406. The second kappa shape index (κ2) is 8.51. The van der Waals surface area contributed by atoms with Gasteiger partial charge in [0.15, 0.2) is 5.82 Å². The molecule has 12 heteroatoms. The van der Waals surface area contributed by atoms with Gasteiger partial charge in [-0.1, -0.05) is 12.8 Å². The fourth-order valence-electron chi connectivity index (χ4n) is 2.83. The molecular formula is C17H18F4N6OS. The number of aromatic nitrogens is 4.